The van der Waals surface area contributed by atoms with Crippen molar-refractivity contribution in [2.45, 2.75) is 6.55 Å². The number of aromatic amines is 1. The fourth-order valence-electron chi connectivity index (χ4n) is 2.87. The molecule has 0 aliphatic rings. The topological polar surface area (TPSA) is 99.4 Å². The minimum Gasteiger partial charge on any atom is -0.322 e. The molecule has 2 aromatic heterocycles. The first-order valence-electron chi connectivity index (χ1n) is 8.28. The van der Waals surface area contributed by atoms with Crippen molar-refractivity contribution in [3.8, 4) is 17.3 Å². The minimum atomic E-state index is -2.75. The van der Waals surface area contributed by atoms with Crippen molar-refractivity contribution in [2.75, 3.05) is 5.32 Å². The molecule has 0 aliphatic carbocycles. The monoisotopic (exact) mass is 412 g/mol. The van der Waals surface area contributed by atoms with Gasteiger partial charge >= 0.3 is 6.55 Å². The highest BCUT2D eigenvalue weighted by Gasteiger charge is 2.16. The first kappa shape index (κ1) is 18.6. The number of hydrogen-bond acceptors (Lipinski definition) is 4. The number of alkyl halides is 2. The predicted molar refractivity (Wildman–Crippen MR) is 103 cm³/mol. The van der Waals surface area contributed by atoms with E-state index in [1.54, 1.807) is 24.3 Å². The number of aromatic nitrogens is 4. The van der Waals surface area contributed by atoms with Gasteiger partial charge in [-0.05, 0) is 30.3 Å². The lowest BCUT2D eigenvalue weighted by molar-refractivity contribution is 0.0566. The van der Waals surface area contributed by atoms with Crippen LogP contribution in [0.5, 0.6) is 0 Å². The zero-order chi connectivity index (χ0) is 20.5. The maximum absolute atomic E-state index is 12.8. The smallest absolute Gasteiger partial charge is 0.322 e. The summed E-state index contributed by atoms with van der Waals surface area (Å²) in [6.07, 6.45) is 2.49. The number of amides is 1. The number of nitriles is 1. The van der Waals surface area contributed by atoms with Crippen molar-refractivity contribution in [1.29, 1.82) is 5.26 Å². The molecule has 144 valence electrons. The third kappa shape index (κ3) is 3.41. The Morgan fingerprint density at radius 2 is 2.14 bits per heavy atom. The molecule has 0 unspecified atom stereocenters. The second-order valence-electron chi connectivity index (χ2n) is 6.05. The highest BCUT2D eigenvalue weighted by Crippen LogP contribution is 2.29. The number of fused-ring (bicyclic) bond motifs is 1. The van der Waals surface area contributed by atoms with Gasteiger partial charge in [0.25, 0.3) is 5.91 Å². The number of nitrogens with zero attached hydrogens (tertiary/aromatic N) is 4. The molecule has 4 aromatic rings. The third-order valence-corrected chi connectivity index (χ3v) is 4.67. The Kier molecular flexibility index (Phi) is 4.70. The van der Waals surface area contributed by atoms with Crippen molar-refractivity contribution in [3.63, 3.8) is 0 Å². The van der Waals surface area contributed by atoms with Crippen LogP contribution >= 0.6 is 11.6 Å². The van der Waals surface area contributed by atoms with Gasteiger partial charge in [0.1, 0.15) is 11.8 Å². The van der Waals surface area contributed by atoms with E-state index in [-0.39, 0.29) is 16.1 Å². The highest BCUT2D eigenvalue weighted by atomic mass is 35.5. The molecular weight excluding hydrogens is 402 g/mol. The summed E-state index contributed by atoms with van der Waals surface area (Å²) in [5.74, 6) is -0.484. The first-order valence-corrected chi connectivity index (χ1v) is 8.66. The molecule has 0 saturated heterocycles. The molecule has 29 heavy (non-hydrogen) atoms. The Bertz CT molecular complexity index is 1270. The van der Waals surface area contributed by atoms with Gasteiger partial charge in [-0.25, -0.2) is 4.68 Å². The molecule has 0 fully saturated rings. The Hall–Kier alpha value is -3.77. The van der Waals surface area contributed by atoms with Crippen molar-refractivity contribution in [1.82, 2.24) is 20.0 Å². The fraction of sp³-hybridized carbons (Fsp3) is 0.0526. The minimum absolute atomic E-state index is 0.0667. The van der Waals surface area contributed by atoms with Crippen molar-refractivity contribution < 1.29 is 13.6 Å². The van der Waals surface area contributed by atoms with Crippen LogP contribution in [0.3, 0.4) is 0 Å². The number of carbonyl (C=O) groups excluding carboxylic acids is 1. The molecule has 0 atom stereocenters. The van der Waals surface area contributed by atoms with Gasteiger partial charge in [-0.2, -0.15) is 24.2 Å². The summed E-state index contributed by atoms with van der Waals surface area (Å²) in [5.41, 5.74) is 2.30. The van der Waals surface area contributed by atoms with E-state index in [1.165, 1.54) is 24.5 Å². The molecule has 0 radical (unpaired) electrons. The van der Waals surface area contributed by atoms with Crippen LogP contribution in [-0.2, 0) is 0 Å². The van der Waals surface area contributed by atoms with Crippen LogP contribution in [0.25, 0.3) is 22.2 Å². The Balaban J connectivity index is 1.67. The van der Waals surface area contributed by atoms with Gasteiger partial charge in [-0.15, -0.1) is 0 Å². The average Bonchev–Trinajstić information content (AvgIpc) is 3.34. The lowest BCUT2D eigenvalue weighted by Gasteiger charge is -2.08. The second kappa shape index (κ2) is 7.33. The molecule has 2 aromatic carbocycles. The summed E-state index contributed by atoms with van der Waals surface area (Å²) >= 11 is 6.11. The van der Waals surface area contributed by atoms with Gasteiger partial charge in [0.15, 0.2) is 0 Å². The number of rotatable bonds is 4. The average molecular weight is 413 g/mol. The number of benzene rings is 2. The molecule has 0 spiro atoms. The molecule has 1 amide bonds. The van der Waals surface area contributed by atoms with Gasteiger partial charge in [0, 0.05) is 22.8 Å². The van der Waals surface area contributed by atoms with Crippen molar-refractivity contribution >= 4 is 34.1 Å². The normalized spacial score (nSPS) is 11.0. The molecule has 10 heteroatoms. The molecule has 7 nitrogen and oxygen atoms in total. The van der Waals surface area contributed by atoms with Gasteiger partial charge < -0.3 is 5.32 Å². The highest BCUT2D eigenvalue weighted by molar-refractivity contribution is 6.35. The quantitative estimate of drug-likeness (QED) is 0.511. The van der Waals surface area contributed by atoms with E-state index in [2.05, 4.69) is 20.6 Å². The van der Waals surface area contributed by atoms with Crippen LogP contribution in [0, 0.1) is 11.3 Å². The summed E-state index contributed by atoms with van der Waals surface area (Å²) in [6, 6.07) is 11.5. The first-order chi connectivity index (χ1) is 14.0. The largest absolute Gasteiger partial charge is 0.333 e. The van der Waals surface area contributed by atoms with Gasteiger partial charge in [-0.1, -0.05) is 17.7 Å². The van der Waals surface area contributed by atoms with E-state index < -0.39 is 12.5 Å². The standard InChI is InChI=1S/C19H11ClF2N6O/c20-16-10(7-23)2-1-3-13(16)18(29)25-12-4-5-15-14(6-12)17(27-26-15)11-8-24-28(9-11)19(21)22/h1-6,8-9,19H,(H,25,29)(H,26,27). The van der Waals surface area contributed by atoms with Gasteiger partial charge in [0.2, 0.25) is 0 Å². The number of anilines is 1. The fourth-order valence-corrected chi connectivity index (χ4v) is 3.13. The van der Waals surface area contributed by atoms with E-state index in [1.807, 2.05) is 6.07 Å². The molecule has 2 heterocycles. The number of H-pyrrole nitrogens is 1. The van der Waals surface area contributed by atoms with Crippen LogP contribution in [-0.4, -0.2) is 25.9 Å². The van der Waals surface area contributed by atoms with E-state index >= 15 is 0 Å². The Morgan fingerprint density at radius 3 is 2.86 bits per heavy atom. The molecule has 0 saturated carbocycles. The van der Waals surface area contributed by atoms with Crippen molar-refractivity contribution in [2.24, 2.45) is 0 Å². The maximum atomic E-state index is 12.8. The van der Waals surface area contributed by atoms with Crippen LogP contribution in [0.2, 0.25) is 5.02 Å². The lowest BCUT2D eigenvalue weighted by atomic mass is 10.1. The molecule has 4 rings (SSSR count). The molecular formula is C19H11ClF2N6O. The van der Waals surface area contributed by atoms with Gasteiger partial charge in [-0.3, -0.25) is 9.89 Å². The van der Waals surface area contributed by atoms with E-state index in [4.69, 9.17) is 16.9 Å². The maximum Gasteiger partial charge on any atom is 0.333 e. The predicted octanol–water partition coefficient (Wildman–Crippen LogP) is 4.60. The van der Waals surface area contributed by atoms with Gasteiger partial charge in [0.05, 0.1) is 27.9 Å². The summed E-state index contributed by atoms with van der Waals surface area (Å²) < 4.78 is 26.1. The zero-order valence-corrected chi connectivity index (χ0v) is 15.3. The Labute approximate surface area is 167 Å². The number of carbonyl (C=O) groups is 1. The number of hydrogen-bond donors (Lipinski definition) is 2. The van der Waals surface area contributed by atoms with Crippen LogP contribution in [0.15, 0.2) is 48.8 Å². The lowest BCUT2D eigenvalue weighted by Crippen LogP contribution is -2.12. The van der Waals surface area contributed by atoms with E-state index in [0.717, 1.165) is 0 Å². The third-order valence-electron chi connectivity index (χ3n) is 4.26. The second-order valence-corrected chi connectivity index (χ2v) is 6.43. The molecule has 2 N–H and O–H groups in total. The van der Waals surface area contributed by atoms with E-state index in [9.17, 15) is 13.6 Å². The van der Waals surface area contributed by atoms with E-state index in [0.29, 0.717) is 32.5 Å². The summed E-state index contributed by atoms with van der Waals surface area (Å²) in [4.78, 5) is 12.6. The number of nitrogens with one attached hydrogen (secondary N) is 2. The SMILES string of the molecule is N#Cc1cccc(C(=O)Nc2ccc3[nH]nc(-c4cnn(C(F)F)c4)c3c2)c1Cl. The zero-order valence-electron chi connectivity index (χ0n) is 14.5. The summed E-state index contributed by atoms with van der Waals surface area (Å²) in [6.45, 7) is -2.75. The van der Waals surface area contributed by atoms with Crippen molar-refractivity contribution in [3.05, 3.63) is 64.9 Å². The molecule has 0 aliphatic heterocycles. The summed E-state index contributed by atoms with van der Waals surface area (Å²) in [7, 11) is 0. The number of halogens is 3. The molecule has 0 bridgehead atoms. The summed E-state index contributed by atoms with van der Waals surface area (Å²) in [5, 5.41) is 23.1. The van der Waals surface area contributed by atoms with Crippen LogP contribution < -0.4 is 5.32 Å². The Morgan fingerprint density at radius 1 is 1.31 bits per heavy atom. The van der Waals surface area contributed by atoms with Crippen LogP contribution in [0.4, 0.5) is 14.5 Å². The van der Waals surface area contributed by atoms with Crippen LogP contribution in [0.1, 0.15) is 22.5 Å².